The Labute approximate surface area is 173 Å². The molecule has 0 radical (unpaired) electrons. The molecule has 3 rings (SSSR count). The predicted molar refractivity (Wildman–Crippen MR) is 107 cm³/mol. The molecule has 1 spiro atoms. The van der Waals surface area contributed by atoms with E-state index in [0.717, 1.165) is 24.2 Å². The van der Waals surface area contributed by atoms with Gasteiger partial charge in [0.15, 0.2) is 6.61 Å². The van der Waals surface area contributed by atoms with Gasteiger partial charge in [0, 0.05) is 10.6 Å². The van der Waals surface area contributed by atoms with Crippen LogP contribution in [-0.2, 0) is 19.1 Å². The minimum absolute atomic E-state index is 0.151. The zero-order valence-electron chi connectivity index (χ0n) is 16.4. The van der Waals surface area contributed by atoms with E-state index in [4.69, 9.17) is 4.74 Å². The van der Waals surface area contributed by atoms with Crippen LogP contribution in [0, 0.1) is 6.92 Å². The molecule has 4 amide bonds. The summed E-state index contributed by atoms with van der Waals surface area (Å²) in [5.74, 6) is -1.16. The maximum atomic E-state index is 12.6. The number of nitrogens with zero attached hydrogens (tertiary/aromatic N) is 1. The summed E-state index contributed by atoms with van der Waals surface area (Å²) in [7, 11) is 0. The summed E-state index contributed by atoms with van der Waals surface area (Å²) >= 11 is 1.52. The third-order valence-electron chi connectivity index (χ3n) is 5.07. The Hall–Kier alpha value is -2.55. The Morgan fingerprint density at radius 1 is 1.17 bits per heavy atom. The molecule has 1 aromatic carbocycles. The molecule has 2 aliphatic rings. The first-order valence-electron chi connectivity index (χ1n) is 9.71. The molecular weight excluding hydrogens is 394 g/mol. The lowest BCUT2D eigenvalue weighted by atomic mass is 9.82. The molecule has 9 heteroatoms. The van der Waals surface area contributed by atoms with E-state index < -0.39 is 36.0 Å². The van der Waals surface area contributed by atoms with Crippen LogP contribution in [0.15, 0.2) is 29.2 Å². The number of thioether (sulfide) groups is 1. The van der Waals surface area contributed by atoms with Crippen molar-refractivity contribution in [3.05, 3.63) is 29.8 Å². The van der Waals surface area contributed by atoms with Crippen LogP contribution in [0.1, 0.15) is 44.1 Å². The second kappa shape index (κ2) is 9.30. The highest BCUT2D eigenvalue weighted by atomic mass is 32.2. The molecule has 8 nitrogen and oxygen atoms in total. The highest BCUT2D eigenvalue weighted by Crippen LogP contribution is 2.32. The number of esters is 1. The first-order valence-corrected chi connectivity index (χ1v) is 10.7. The number of hydrogen-bond acceptors (Lipinski definition) is 6. The minimum atomic E-state index is -0.910. The van der Waals surface area contributed by atoms with Crippen molar-refractivity contribution in [3.8, 4) is 0 Å². The molecule has 0 bridgehead atoms. The number of nitrogens with one attached hydrogen (secondary N) is 2. The number of carbonyl (C=O) groups is 4. The third-order valence-corrected chi connectivity index (χ3v) is 6.08. The van der Waals surface area contributed by atoms with Gasteiger partial charge in [-0.2, -0.15) is 5.01 Å². The highest BCUT2D eigenvalue weighted by Gasteiger charge is 2.52. The third kappa shape index (κ3) is 5.29. The summed E-state index contributed by atoms with van der Waals surface area (Å²) in [5.41, 5.74) is 2.50. The van der Waals surface area contributed by atoms with Gasteiger partial charge >= 0.3 is 12.0 Å². The van der Waals surface area contributed by atoms with E-state index in [2.05, 4.69) is 10.7 Å². The number of imide groups is 1. The fourth-order valence-corrected chi connectivity index (χ4v) is 4.31. The summed E-state index contributed by atoms with van der Waals surface area (Å²) in [6.07, 6.45) is 4.01. The molecule has 2 N–H and O–H groups in total. The second-order valence-corrected chi connectivity index (χ2v) is 8.49. The number of urea groups is 1. The van der Waals surface area contributed by atoms with Gasteiger partial charge in [-0.05, 0) is 31.9 Å². The molecule has 1 aliphatic heterocycles. The quantitative estimate of drug-likeness (QED) is 0.399. The molecule has 0 unspecified atom stereocenters. The Balaban J connectivity index is 1.39. The van der Waals surface area contributed by atoms with Crippen LogP contribution in [0.5, 0.6) is 0 Å². The Kier molecular flexibility index (Phi) is 6.79. The molecule has 1 heterocycles. The number of hydrazine groups is 1. The Bertz CT molecular complexity index is 790. The van der Waals surface area contributed by atoms with Crippen LogP contribution in [-0.4, -0.2) is 46.7 Å². The molecule has 0 aromatic heterocycles. The van der Waals surface area contributed by atoms with E-state index in [1.54, 1.807) is 0 Å². The normalized spacial score (nSPS) is 17.9. The largest absolute Gasteiger partial charge is 0.455 e. The summed E-state index contributed by atoms with van der Waals surface area (Å²) in [4.78, 5) is 49.6. The van der Waals surface area contributed by atoms with Crippen molar-refractivity contribution in [2.75, 3.05) is 12.4 Å². The van der Waals surface area contributed by atoms with E-state index >= 15 is 0 Å². The minimum Gasteiger partial charge on any atom is -0.455 e. The molecule has 0 atom stereocenters. The number of carbonyl (C=O) groups excluding carboxylic acids is 4. The number of aryl methyl sites for hydroxylation is 1. The van der Waals surface area contributed by atoms with Crippen molar-refractivity contribution in [1.29, 1.82) is 0 Å². The molecule has 2 fully saturated rings. The smallest absolute Gasteiger partial charge is 0.344 e. The van der Waals surface area contributed by atoms with Crippen LogP contribution < -0.4 is 10.7 Å². The van der Waals surface area contributed by atoms with Gasteiger partial charge in [0.1, 0.15) is 5.54 Å². The van der Waals surface area contributed by atoms with Crippen LogP contribution in [0.4, 0.5) is 4.79 Å². The first kappa shape index (κ1) is 21.2. The van der Waals surface area contributed by atoms with E-state index in [-0.39, 0.29) is 6.42 Å². The highest BCUT2D eigenvalue weighted by molar-refractivity contribution is 7.99. The van der Waals surface area contributed by atoms with Crippen molar-refractivity contribution in [3.63, 3.8) is 0 Å². The monoisotopic (exact) mass is 419 g/mol. The number of amides is 4. The zero-order chi connectivity index (χ0) is 20.9. The number of hydrogen-bond donors (Lipinski definition) is 2. The van der Waals surface area contributed by atoms with Gasteiger partial charge in [0.05, 0.1) is 6.42 Å². The van der Waals surface area contributed by atoms with Gasteiger partial charge in [0.2, 0.25) is 0 Å². The van der Waals surface area contributed by atoms with Gasteiger partial charge in [-0.15, -0.1) is 11.8 Å². The summed E-state index contributed by atoms with van der Waals surface area (Å²) < 4.78 is 4.94. The Morgan fingerprint density at radius 3 is 2.55 bits per heavy atom. The lowest BCUT2D eigenvalue weighted by molar-refractivity contribution is -0.150. The number of rotatable bonds is 7. The molecule has 1 saturated heterocycles. The fourth-order valence-electron chi connectivity index (χ4n) is 3.48. The Morgan fingerprint density at radius 2 is 1.86 bits per heavy atom. The van der Waals surface area contributed by atoms with E-state index in [1.165, 1.54) is 17.3 Å². The van der Waals surface area contributed by atoms with Crippen LogP contribution in [0.25, 0.3) is 0 Å². The molecule has 1 aliphatic carbocycles. The molecular formula is C20H25N3O5S. The van der Waals surface area contributed by atoms with Gasteiger partial charge in [-0.25, -0.2) is 4.79 Å². The summed E-state index contributed by atoms with van der Waals surface area (Å²) in [6.45, 7) is 1.46. The topological polar surface area (TPSA) is 105 Å². The van der Waals surface area contributed by atoms with Crippen LogP contribution in [0.2, 0.25) is 0 Å². The zero-order valence-corrected chi connectivity index (χ0v) is 17.2. The average molecular weight is 420 g/mol. The SMILES string of the molecule is Cc1ccc(SCCC(=O)OCC(=O)NN2C(=O)NC3(CCCCC3)C2=O)cc1. The second-order valence-electron chi connectivity index (χ2n) is 7.32. The number of ether oxygens (including phenoxy) is 1. The lowest BCUT2D eigenvalue weighted by Gasteiger charge is -2.30. The van der Waals surface area contributed by atoms with E-state index in [0.29, 0.717) is 23.6 Å². The lowest BCUT2D eigenvalue weighted by Crippen LogP contribution is -2.51. The maximum absolute atomic E-state index is 12.6. The molecule has 1 aromatic rings. The standard InChI is InChI=1S/C20H25N3O5S/c1-14-5-7-15(8-6-14)29-12-9-17(25)28-13-16(24)22-23-18(26)20(21-19(23)27)10-3-2-4-11-20/h5-8H,2-4,9-13H2,1H3,(H,21,27)(H,22,24). The molecule has 29 heavy (non-hydrogen) atoms. The van der Waals surface area contributed by atoms with E-state index in [9.17, 15) is 19.2 Å². The van der Waals surface area contributed by atoms with Gasteiger partial charge in [-0.3, -0.25) is 19.8 Å². The summed E-state index contributed by atoms with van der Waals surface area (Å²) in [6, 6.07) is 7.31. The maximum Gasteiger partial charge on any atom is 0.344 e. The van der Waals surface area contributed by atoms with Gasteiger partial charge in [0.25, 0.3) is 11.8 Å². The van der Waals surface area contributed by atoms with Crippen molar-refractivity contribution < 1.29 is 23.9 Å². The number of benzene rings is 1. The van der Waals surface area contributed by atoms with Crippen molar-refractivity contribution in [1.82, 2.24) is 15.8 Å². The van der Waals surface area contributed by atoms with E-state index in [1.807, 2.05) is 31.2 Å². The van der Waals surface area contributed by atoms with Crippen molar-refractivity contribution >= 4 is 35.6 Å². The molecule has 156 valence electrons. The van der Waals surface area contributed by atoms with Gasteiger partial charge < -0.3 is 10.1 Å². The first-order chi connectivity index (χ1) is 13.9. The fraction of sp³-hybridized carbons (Fsp3) is 0.500. The van der Waals surface area contributed by atoms with Gasteiger partial charge in [-0.1, -0.05) is 37.0 Å². The van der Waals surface area contributed by atoms with Crippen LogP contribution >= 0.6 is 11.8 Å². The average Bonchev–Trinajstić information content (AvgIpc) is 2.92. The summed E-state index contributed by atoms with van der Waals surface area (Å²) in [5, 5.41) is 3.40. The predicted octanol–water partition coefficient (Wildman–Crippen LogP) is 2.31. The molecule has 1 saturated carbocycles. The van der Waals surface area contributed by atoms with Crippen LogP contribution in [0.3, 0.4) is 0 Å². The van der Waals surface area contributed by atoms with Crippen molar-refractivity contribution in [2.45, 2.75) is 55.9 Å². The van der Waals surface area contributed by atoms with Crippen molar-refractivity contribution in [2.24, 2.45) is 0 Å².